The molecule has 0 N–H and O–H groups in total. The molecule has 1 atom stereocenters. The molecule has 0 bridgehead atoms. The summed E-state index contributed by atoms with van der Waals surface area (Å²) in [6, 6.07) is 4.35. The fourth-order valence-corrected chi connectivity index (χ4v) is 5.38. The van der Waals surface area contributed by atoms with E-state index in [1.165, 1.54) is 22.8 Å². The van der Waals surface area contributed by atoms with Crippen molar-refractivity contribution in [3.8, 4) is 0 Å². The number of sulfonamides is 1. The standard InChI is InChI=1S/C17H21N3O5S2/c1-19-12-8-7-11(16(22)25-2)10-14(12)26-17(19)18-15(21)13-6-4-5-9-20(13)27(3,23)24/h7-8,10,13H,4-6,9H2,1-3H3. The molecule has 1 fully saturated rings. The number of carbonyl (C=O) groups is 2. The Labute approximate surface area is 161 Å². The van der Waals surface area contributed by atoms with E-state index in [4.69, 9.17) is 4.74 Å². The number of ether oxygens (including phenoxy) is 1. The van der Waals surface area contributed by atoms with Gasteiger partial charge in [0.05, 0.1) is 29.1 Å². The summed E-state index contributed by atoms with van der Waals surface area (Å²) in [6.45, 7) is 0.339. The van der Waals surface area contributed by atoms with Crippen LogP contribution in [0.25, 0.3) is 10.2 Å². The van der Waals surface area contributed by atoms with E-state index in [1.54, 1.807) is 29.8 Å². The van der Waals surface area contributed by atoms with Gasteiger partial charge in [0, 0.05) is 13.6 Å². The predicted molar refractivity (Wildman–Crippen MR) is 102 cm³/mol. The Bertz CT molecular complexity index is 1070. The highest BCUT2D eigenvalue weighted by Gasteiger charge is 2.34. The SMILES string of the molecule is COC(=O)c1ccc2c(c1)sc(=NC(=O)C1CCCCN1S(C)(=O)=O)n2C. The highest BCUT2D eigenvalue weighted by atomic mass is 32.2. The number of hydrogen-bond acceptors (Lipinski definition) is 6. The van der Waals surface area contributed by atoms with Gasteiger partial charge >= 0.3 is 5.97 Å². The van der Waals surface area contributed by atoms with Crippen molar-refractivity contribution in [1.82, 2.24) is 8.87 Å². The lowest BCUT2D eigenvalue weighted by atomic mass is 10.0. The van der Waals surface area contributed by atoms with Crippen molar-refractivity contribution in [3.05, 3.63) is 28.6 Å². The number of esters is 1. The Morgan fingerprint density at radius 3 is 2.70 bits per heavy atom. The molecule has 8 nitrogen and oxygen atoms in total. The summed E-state index contributed by atoms with van der Waals surface area (Å²) < 4.78 is 32.5. The van der Waals surface area contributed by atoms with E-state index in [1.807, 2.05) is 0 Å². The van der Waals surface area contributed by atoms with Crippen molar-refractivity contribution in [2.24, 2.45) is 12.0 Å². The Morgan fingerprint density at radius 2 is 2.04 bits per heavy atom. The summed E-state index contributed by atoms with van der Waals surface area (Å²) in [5, 5.41) is 0. The number of aromatic nitrogens is 1. The van der Waals surface area contributed by atoms with Crippen LogP contribution >= 0.6 is 11.3 Å². The lowest BCUT2D eigenvalue weighted by molar-refractivity contribution is -0.122. The first-order chi connectivity index (χ1) is 12.7. The molecule has 0 aliphatic carbocycles. The van der Waals surface area contributed by atoms with Crippen molar-refractivity contribution in [2.45, 2.75) is 25.3 Å². The van der Waals surface area contributed by atoms with Crippen molar-refractivity contribution in [3.63, 3.8) is 0 Å². The molecule has 146 valence electrons. The summed E-state index contributed by atoms with van der Waals surface area (Å²) in [4.78, 5) is 29.1. The fourth-order valence-electron chi connectivity index (χ4n) is 3.20. The summed E-state index contributed by atoms with van der Waals surface area (Å²) in [5.41, 5.74) is 1.24. The summed E-state index contributed by atoms with van der Waals surface area (Å²) in [6.07, 6.45) is 3.12. The van der Waals surface area contributed by atoms with E-state index in [0.717, 1.165) is 29.3 Å². The molecule has 10 heteroatoms. The van der Waals surface area contributed by atoms with Crippen molar-refractivity contribution in [2.75, 3.05) is 19.9 Å². The van der Waals surface area contributed by atoms with Crippen LogP contribution in [0.2, 0.25) is 0 Å². The van der Waals surface area contributed by atoms with E-state index in [0.29, 0.717) is 23.3 Å². The molecule has 27 heavy (non-hydrogen) atoms. The largest absolute Gasteiger partial charge is 0.465 e. The highest BCUT2D eigenvalue weighted by Crippen LogP contribution is 2.22. The number of fused-ring (bicyclic) bond motifs is 1. The van der Waals surface area contributed by atoms with Gasteiger partial charge in [-0.2, -0.15) is 9.30 Å². The van der Waals surface area contributed by atoms with E-state index in [9.17, 15) is 18.0 Å². The summed E-state index contributed by atoms with van der Waals surface area (Å²) >= 11 is 1.27. The topological polar surface area (TPSA) is 98.0 Å². The molecule has 0 spiro atoms. The number of rotatable bonds is 3. The Balaban J connectivity index is 2.00. The maximum absolute atomic E-state index is 12.7. The number of nitrogens with zero attached hydrogens (tertiary/aromatic N) is 3. The van der Waals surface area contributed by atoms with Crippen molar-refractivity contribution in [1.29, 1.82) is 0 Å². The van der Waals surface area contributed by atoms with E-state index in [2.05, 4.69) is 4.99 Å². The van der Waals surface area contributed by atoms with Crippen molar-refractivity contribution >= 4 is 43.5 Å². The normalized spacial score (nSPS) is 19.4. The molecular formula is C17H21N3O5S2. The van der Waals surface area contributed by atoms with Crippen LogP contribution in [0.5, 0.6) is 0 Å². The van der Waals surface area contributed by atoms with Crippen LogP contribution in [-0.2, 0) is 26.6 Å². The van der Waals surface area contributed by atoms with Gasteiger partial charge in [0.25, 0.3) is 5.91 Å². The molecular weight excluding hydrogens is 390 g/mol. The second kappa shape index (κ2) is 7.53. The Hall–Kier alpha value is -2.04. The molecule has 2 aromatic rings. The predicted octanol–water partition coefficient (Wildman–Crippen LogP) is 1.27. The quantitative estimate of drug-likeness (QED) is 0.709. The third-order valence-electron chi connectivity index (χ3n) is 4.60. The lowest BCUT2D eigenvalue weighted by Gasteiger charge is -2.31. The molecule has 0 radical (unpaired) electrons. The number of piperidine rings is 1. The minimum absolute atomic E-state index is 0.339. The first kappa shape index (κ1) is 19.7. The van der Waals surface area contributed by atoms with Crippen LogP contribution in [0.4, 0.5) is 0 Å². The van der Waals surface area contributed by atoms with Crippen LogP contribution in [0, 0.1) is 0 Å². The van der Waals surface area contributed by atoms with Crippen LogP contribution in [0.3, 0.4) is 0 Å². The van der Waals surface area contributed by atoms with Gasteiger partial charge in [0.1, 0.15) is 6.04 Å². The smallest absolute Gasteiger partial charge is 0.337 e. The molecule has 1 aromatic carbocycles. The molecule has 1 saturated heterocycles. The average Bonchev–Trinajstić information content (AvgIpc) is 2.95. The van der Waals surface area contributed by atoms with Crippen molar-refractivity contribution < 1.29 is 22.7 Å². The number of methoxy groups -OCH3 is 1. The number of hydrogen-bond donors (Lipinski definition) is 0. The maximum atomic E-state index is 12.7. The zero-order valence-electron chi connectivity index (χ0n) is 15.3. The van der Waals surface area contributed by atoms with Gasteiger partial charge in [-0.3, -0.25) is 4.79 Å². The number of thiazole rings is 1. The molecule has 1 aliphatic rings. The molecule has 1 unspecified atom stereocenters. The van der Waals surface area contributed by atoms with E-state index < -0.39 is 27.9 Å². The molecule has 1 aromatic heterocycles. The number of aryl methyl sites for hydroxylation is 1. The third kappa shape index (κ3) is 3.97. The van der Waals surface area contributed by atoms with Gasteiger partial charge < -0.3 is 9.30 Å². The van der Waals surface area contributed by atoms with Crippen LogP contribution in [-0.4, -0.2) is 55.1 Å². The third-order valence-corrected chi connectivity index (χ3v) is 6.98. The molecule has 2 heterocycles. The first-order valence-corrected chi connectivity index (χ1v) is 11.1. The van der Waals surface area contributed by atoms with Crippen LogP contribution in [0.15, 0.2) is 23.2 Å². The monoisotopic (exact) mass is 411 g/mol. The van der Waals surface area contributed by atoms with Gasteiger partial charge in [-0.05, 0) is 31.0 Å². The highest BCUT2D eigenvalue weighted by molar-refractivity contribution is 7.88. The maximum Gasteiger partial charge on any atom is 0.337 e. The van der Waals surface area contributed by atoms with Gasteiger partial charge in [0.2, 0.25) is 10.0 Å². The molecule has 1 amide bonds. The Kier molecular flexibility index (Phi) is 5.50. The minimum atomic E-state index is -3.47. The van der Waals surface area contributed by atoms with Gasteiger partial charge in [-0.1, -0.05) is 17.8 Å². The van der Waals surface area contributed by atoms with Crippen LogP contribution in [0.1, 0.15) is 29.6 Å². The molecule has 1 aliphatic heterocycles. The number of amides is 1. The van der Waals surface area contributed by atoms with E-state index in [-0.39, 0.29) is 0 Å². The van der Waals surface area contributed by atoms with Gasteiger partial charge in [0.15, 0.2) is 4.80 Å². The summed E-state index contributed by atoms with van der Waals surface area (Å²) in [7, 11) is -0.374. The summed E-state index contributed by atoms with van der Waals surface area (Å²) in [5.74, 6) is -0.899. The van der Waals surface area contributed by atoms with Gasteiger partial charge in [-0.15, -0.1) is 0 Å². The zero-order chi connectivity index (χ0) is 19.8. The Morgan fingerprint density at radius 1 is 1.30 bits per heavy atom. The second-order valence-corrected chi connectivity index (χ2v) is 9.40. The number of carbonyl (C=O) groups excluding carboxylic acids is 2. The van der Waals surface area contributed by atoms with E-state index >= 15 is 0 Å². The minimum Gasteiger partial charge on any atom is -0.465 e. The fraction of sp³-hybridized carbons (Fsp3) is 0.471. The molecule has 0 saturated carbocycles. The second-order valence-electron chi connectivity index (χ2n) is 6.45. The van der Waals surface area contributed by atoms with Gasteiger partial charge in [-0.25, -0.2) is 13.2 Å². The van der Waals surface area contributed by atoms with Crippen LogP contribution < -0.4 is 4.80 Å². The number of benzene rings is 1. The lowest BCUT2D eigenvalue weighted by Crippen LogP contribution is -2.47. The first-order valence-electron chi connectivity index (χ1n) is 8.45. The average molecular weight is 412 g/mol. The zero-order valence-corrected chi connectivity index (χ0v) is 17.0. The molecule has 3 rings (SSSR count).